The molecule has 0 amide bonds. The van der Waals surface area contributed by atoms with Crippen LogP contribution >= 0.6 is 27.5 Å². The van der Waals surface area contributed by atoms with Crippen LogP contribution < -0.4 is 0 Å². The number of likely N-dealkylation sites (tertiary alicyclic amines) is 1. The van der Waals surface area contributed by atoms with Crippen molar-refractivity contribution in [2.24, 2.45) is 0 Å². The summed E-state index contributed by atoms with van der Waals surface area (Å²) in [5.74, 6) is -0.776. The third-order valence-corrected chi connectivity index (χ3v) is 4.47. The van der Waals surface area contributed by atoms with Gasteiger partial charge < -0.3 is 5.11 Å². The van der Waals surface area contributed by atoms with Gasteiger partial charge in [-0.3, -0.25) is 9.69 Å². The van der Waals surface area contributed by atoms with Crippen LogP contribution in [0, 0.1) is 0 Å². The number of carboxylic acids is 1. The van der Waals surface area contributed by atoms with Crippen molar-refractivity contribution < 1.29 is 9.90 Å². The SMILES string of the molecule is O=C(O)CC(c1cc(Cl)ccc1Br)N1CCCCC1. The number of hydrogen-bond acceptors (Lipinski definition) is 2. The van der Waals surface area contributed by atoms with Crippen molar-refractivity contribution in [1.82, 2.24) is 4.90 Å². The standard InChI is InChI=1S/C14H17BrClNO2/c15-12-5-4-10(16)8-11(12)13(9-14(18)19)17-6-2-1-3-7-17/h4-5,8,13H,1-3,6-7,9H2,(H,18,19). The van der Waals surface area contributed by atoms with Crippen LogP contribution in [-0.2, 0) is 4.79 Å². The Morgan fingerprint density at radius 3 is 2.68 bits per heavy atom. The third kappa shape index (κ3) is 3.94. The molecule has 3 nitrogen and oxygen atoms in total. The lowest BCUT2D eigenvalue weighted by molar-refractivity contribution is -0.138. The summed E-state index contributed by atoms with van der Waals surface area (Å²) in [5, 5.41) is 9.81. The van der Waals surface area contributed by atoms with Crippen molar-refractivity contribution >= 4 is 33.5 Å². The molecule has 1 aliphatic heterocycles. The van der Waals surface area contributed by atoms with Gasteiger partial charge in [-0.15, -0.1) is 0 Å². The van der Waals surface area contributed by atoms with Gasteiger partial charge in [-0.25, -0.2) is 0 Å². The highest BCUT2D eigenvalue weighted by Gasteiger charge is 2.26. The smallest absolute Gasteiger partial charge is 0.305 e. The van der Waals surface area contributed by atoms with E-state index < -0.39 is 5.97 Å². The van der Waals surface area contributed by atoms with Crippen molar-refractivity contribution in [2.75, 3.05) is 13.1 Å². The Morgan fingerprint density at radius 1 is 1.37 bits per heavy atom. The zero-order valence-corrected chi connectivity index (χ0v) is 13.0. The average molecular weight is 347 g/mol. The number of rotatable bonds is 4. The number of benzene rings is 1. The van der Waals surface area contributed by atoms with Gasteiger partial charge >= 0.3 is 5.97 Å². The largest absolute Gasteiger partial charge is 0.481 e. The predicted molar refractivity (Wildman–Crippen MR) is 79.6 cm³/mol. The van der Waals surface area contributed by atoms with Gasteiger partial charge in [-0.05, 0) is 49.7 Å². The van der Waals surface area contributed by atoms with Crippen molar-refractivity contribution in [1.29, 1.82) is 0 Å². The maximum atomic E-state index is 11.1. The van der Waals surface area contributed by atoms with Crippen molar-refractivity contribution in [3.05, 3.63) is 33.3 Å². The molecule has 1 atom stereocenters. The summed E-state index contributed by atoms with van der Waals surface area (Å²) in [7, 11) is 0. The summed E-state index contributed by atoms with van der Waals surface area (Å²) in [5.41, 5.74) is 0.969. The number of carbonyl (C=O) groups is 1. The molecular weight excluding hydrogens is 330 g/mol. The molecule has 0 aliphatic carbocycles. The summed E-state index contributed by atoms with van der Waals surface area (Å²) in [6.45, 7) is 1.91. The molecule has 1 N–H and O–H groups in total. The van der Waals surface area contributed by atoms with Gasteiger partial charge in [-0.2, -0.15) is 0 Å². The van der Waals surface area contributed by atoms with Gasteiger partial charge in [-0.1, -0.05) is 34.0 Å². The van der Waals surface area contributed by atoms with E-state index in [4.69, 9.17) is 16.7 Å². The molecule has 5 heteroatoms. The van der Waals surface area contributed by atoms with Gasteiger partial charge in [0.25, 0.3) is 0 Å². The van der Waals surface area contributed by atoms with Crippen LogP contribution in [0.4, 0.5) is 0 Å². The number of nitrogens with zero attached hydrogens (tertiary/aromatic N) is 1. The Kier molecular flexibility index (Phi) is 5.25. The van der Waals surface area contributed by atoms with Crippen LogP contribution in [0.2, 0.25) is 5.02 Å². The third-order valence-electron chi connectivity index (χ3n) is 3.52. The fraction of sp³-hybridized carbons (Fsp3) is 0.500. The van der Waals surface area contributed by atoms with E-state index in [1.165, 1.54) is 6.42 Å². The first-order chi connectivity index (χ1) is 9.08. The number of piperidine rings is 1. The van der Waals surface area contributed by atoms with E-state index in [-0.39, 0.29) is 12.5 Å². The minimum absolute atomic E-state index is 0.106. The van der Waals surface area contributed by atoms with Gasteiger partial charge in [0.05, 0.1) is 6.42 Å². The summed E-state index contributed by atoms with van der Waals surface area (Å²) in [4.78, 5) is 13.4. The maximum Gasteiger partial charge on any atom is 0.305 e. The second-order valence-electron chi connectivity index (χ2n) is 4.88. The van der Waals surface area contributed by atoms with E-state index in [2.05, 4.69) is 20.8 Å². The van der Waals surface area contributed by atoms with E-state index in [0.717, 1.165) is 36.0 Å². The fourth-order valence-corrected chi connectivity index (χ4v) is 3.29. The lowest BCUT2D eigenvalue weighted by atomic mass is 9.99. The molecule has 0 aromatic heterocycles. The van der Waals surface area contributed by atoms with Gasteiger partial charge in [0.1, 0.15) is 0 Å². The molecule has 104 valence electrons. The highest BCUT2D eigenvalue weighted by molar-refractivity contribution is 9.10. The monoisotopic (exact) mass is 345 g/mol. The Hall–Kier alpha value is -0.580. The lowest BCUT2D eigenvalue weighted by Gasteiger charge is -2.34. The topological polar surface area (TPSA) is 40.5 Å². The molecule has 1 heterocycles. The van der Waals surface area contributed by atoms with Crippen molar-refractivity contribution in [3.8, 4) is 0 Å². The molecule has 0 radical (unpaired) electrons. The van der Waals surface area contributed by atoms with Crippen LogP contribution in [-0.4, -0.2) is 29.1 Å². The van der Waals surface area contributed by atoms with Crippen LogP contribution in [0.5, 0.6) is 0 Å². The number of halogens is 2. The molecule has 1 aromatic carbocycles. The molecule has 1 saturated heterocycles. The van der Waals surface area contributed by atoms with Crippen LogP contribution in [0.25, 0.3) is 0 Å². The van der Waals surface area contributed by atoms with Gasteiger partial charge in [0, 0.05) is 15.5 Å². The molecule has 1 fully saturated rings. The molecule has 1 aromatic rings. The molecule has 0 saturated carbocycles. The molecule has 1 unspecified atom stereocenters. The molecule has 2 rings (SSSR count). The maximum absolute atomic E-state index is 11.1. The zero-order valence-electron chi connectivity index (χ0n) is 10.6. The Morgan fingerprint density at radius 2 is 2.05 bits per heavy atom. The first-order valence-electron chi connectivity index (χ1n) is 6.48. The summed E-state index contributed by atoms with van der Waals surface area (Å²) < 4.78 is 0.925. The van der Waals surface area contributed by atoms with Gasteiger partial charge in [0.15, 0.2) is 0 Å². The number of hydrogen-bond donors (Lipinski definition) is 1. The van der Waals surface area contributed by atoms with Crippen LogP contribution in [0.15, 0.2) is 22.7 Å². The highest BCUT2D eigenvalue weighted by Crippen LogP contribution is 2.34. The summed E-state index contributed by atoms with van der Waals surface area (Å²) in [6.07, 6.45) is 3.61. The second kappa shape index (κ2) is 6.73. The van der Waals surface area contributed by atoms with Crippen molar-refractivity contribution in [3.63, 3.8) is 0 Å². The first-order valence-corrected chi connectivity index (χ1v) is 7.66. The van der Waals surface area contributed by atoms with Gasteiger partial charge in [0.2, 0.25) is 0 Å². The first kappa shape index (κ1) is 14.8. The zero-order chi connectivity index (χ0) is 13.8. The minimum Gasteiger partial charge on any atom is -0.481 e. The van der Waals surface area contributed by atoms with E-state index in [0.29, 0.717) is 5.02 Å². The van der Waals surface area contributed by atoms with Crippen molar-refractivity contribution in [2.45, 2.75) is 31.7 Å². The second-order valence-corrected chi connectivity index (χ2v) is 6.17. The number of aliphatic carboxylic acids is 1. The quantitative estimate of drug-likeness (QED) is 0.892. The fourth-order valence-electron chi connectivity index (χ4n) is 2.60. The van der Waals surface area contributed by atoms with E-state index in [1.807, 2.05) is 18.2 Å². The Balaban J connectivity index is 2.29. The lowest BCUT2D eigenvalue weighted by Crippen LogP contribution is -2.35. The normalized spacial score (nSPS) is 18.2. The molecule has 1 aliphatic rings. The predicted octanol–water partition coefficient (Wildman–Crippen LogP) is 4.10. The summed E-state index contributed by atoms with van der Waals surface area (Å²) >= 11 is 9.56. The Bertz CT molecular complexity index is 461. The summed E-state index contributed by atoms with van der Waals surface area (Å²) in [6, 6.07) is 5.46. The Labute approximate surface area is 126 Å². The average Bonchev–Trinajstić information content (AvgIpc) is 2.40. The molecule has 0 spiro atoms. The van der Waals surface area contributed by atoms with Crippen LogP contribution in [0.3, 0.4) is 0 Å². The van der Waals surface area contributed by atoms with E-state index >= 15 is 0 Å². The molecule has 0 bridgehead atoms. The van der Waals surface area contributed by atoms with E-state index in [9.17, 15) is 4.79 Å². The highest BCUT2D eigenvalue weighted by atomic mass is 79.9. The molecule has 19 heavy (non-hydrogen) atoms. The van der Waals surface area contributed by atoms with Crippen LogP contribution in [0.1, 0.15) is 37.3 Å². The molecular formula is C14H17BrClNO2. The number of carboxylic acid groups (broad SMARTS) is 1. The minimum atomic E-state index is -0.776. The van der Waals surface area contributed by atoms with E-state index in [1.54, 1.807) is 0 Å².